The summed E-state index contributed by atoms with van der Waals surface area (Å²) in [5, 5.41) is 2.77. The van der Waals surface area contributed by atoms with Crippen LogP contribution in [0.15, 0.2) is 47.4 Å². The number of aryl methyl sites for hydroxylation is 1. The first-order chi connectivity index (χ1) is 14.4. The minimum Gasteiger partial charge on any atom is -0.497 e. The summed E-state index contributed by atoms with van der Waals surface area (Å²) < 4.78 is 38.2. The molecular weight excluding hydrogens is 404 g/mol. The average molecular weight is 433 g/mol. The number of carbonyl (C=O) groups excluding carboxylic acids is 1. The Kier molecular flexibility index (Phi) is 7.33. The van der Waals surface area contributed by atoms with Gasteiger partial charge in [0.25, 0.3) is 5.91 Å². The Morgan fingerprint density at radius 1 is 1.03 bits per heavy atom. The van der Waals surface area contributed by atoms with Gasteiger partial charge >= 0.3 is 0 Å². The number of rotatable bonds is 8. The van der Waals surface area contributed by atoms with E-state index in [1.54, 1.807) is 50.4 Å². The topological polar surface area (TPSA) is 84.9 Å². The van der Waals surface area contributed by atoms with Crippen LogP contribution in [0.5, 0.6) is 11.5 Å². The van der Waals surface area contributed by atoms with Crippen LogP contribution < -0.4 is 14.8 Å². The summed E-state index contributed by atoms with van der Waals surface area (Å²) in [5.41, 5.74) is 0.959. The van der Waals surface area contributed by atoms with Crippen molar-refractivity contribution in [1.29, 1.82) is 0 Å². The standard InChI is InChI=1S/C22H28N2O5S/c1-17-6-7-18(16-21(17)30(26,27)24-13-4-3-5-14-24)22(25)23-12-15-29-20-10-8-19(28-2)9-11-20/h6-11,16H,3-5,12-15H2,1-2H3,(H,23,25). The second-order valence-corrected chi connectivity index (χ2v) is 9.13. The third-order valence-corrected chi connectivity index (χ3v) is 7.14. The molecule has 0 bridgehead atoms. The average Bonchev–Trinajstić information content (AvgIpc) is 2.77. The number of ether oxygens (including phenoxy) is 2. The zero-order valence-electron chi connectivity index (χ0n) is 17.4. The molecule has 2 aromatic carbocycles. The fourth-order valence-electron chi connectivity index (χ4n) is 3.37. The molecule has 0 aromatic heterocycles. The first kappa shape index (κ1) is 22.1. The largest absolute Gasteiger partial charge is 0.497 e. The maximum Gasteiger partial charge on any atom is 0.251 e. The van der Waals surface area contributed by atoms with Crippen LogP contribution in [0.25, 0.3) is 0 Å². The van der Waals surface area contributed by atoms with Gasteiger partial charge < -0.3 is 14.8 Å². The van der Waals surface area contributed by atoms with Crippen molar-refractivity contribution >= 4 is 15.9 Å². The van der Waals surface area contributed by atoms with Crippen LogP contribution in [0, 0.1) is 6.92 Å². The Morgan fingerprint density at radius 2 is 1.70 bits per heavy atom. The molecule has 0 radical (unpaired) electrons. The van der Waals surface area contributed by atoms with Gasteiger partial charge in [-0.1, -0.05) is 12.5 Å². The lowest BCUT2D eigenvalue weighted by molar-refractivity contribution is 0.0946. The molecule has 0 spiro atoms. The SMILES string of the molecule is COc1ccc(OCCNC(=O)c2ccc(C)c(S(=O)(=O)N3CCCCC3)c2)cc1. The van der Waals surface area contributed by atoms with Crippen molar-refractivity contribution in [2.24, 2.45) is 0 Å². The van der Waals surface area contributed by atoms with Crippen LogP contribution >= 0.6 is 0 Å². The molecule has 162 valence electrons. The Balaban J connectivity index is 1.60. The van der Waals surface area contributed by atoms with E-state index in [0.717, 1.165) is 25.0 Å². The van der Waals surface area contributed by atoms with E-state index in [-0.39, 0.29) is 10.8 Å². The van der Waals surface area contributed by atoms with Gasteiger partial charge in [-0.05, 0) is 61.7 Å². The Hall–Kier alpha value is -2.58. The summed E-state index contributed by atoms with van der Waals surface area (Å²) in [6.45, 7) is 3.40. The van der Waals surface area contributed by atoms with Crippen molar-refractivity contribution in [1.82, 2.24) is 9.62 Å². The lowest BCUT2D eigenvalue weighted by Crippen LogP contribution is -2.36. The van der Waals surface area contributed by atoms with Crippen molar-refractivity contribution in [3.05, 3.63) is 53.6 Å². The van der Waals surface area contributed by atoms with E-state index in [9.17, 15) is 13.2 Å². The zero-order chi connectivity index (χ0) is 21.6. The van der Waals surface area contributed by atoms with Gasteiger partial charge in [-0.2, -0.15) is 4.31 Å². The molecule has 0 unspecified atom stereocenters. The number of nitrogens with one attached hydrogen (secondary N) is 1. The van der Waals surface area contributed by atoms with Crippen LogP contribution in [-0.2, 0) is 10.0 Å². The van der Waals surface area contributed by atoms with Gasteiger partial charge in [-0.25, -0.2) is 8.42 Å². The molecule has 2 aromatic rings. The van der Waals surface area contributed by atoms with Gasteiger partial charge in [0.05, 0.1) is 18.6 Å². The number of nitrogens with zero attached hydrogens (tertiary/aromatic N) is 1. The van der Waals surface area contributed by atoms with Crippen LogP contribution in [-0.4, -0.2) is 52.0 Å². The molecule has 1 saturated heterocycles. The number of carbonyl (C=O) groups is 1. The van der Waals surface area contributed by atoms with Crippen molar-refractivity contribution in [3.8, 4) is 11.5 Å². The van der Waals surface area contributed by atoms with Crippen molar-refractivity contribution in [3.63, 3.8) is 0 Å². The molecule has 1 aliphatic heterocycles. The van der Waals surface area contributed by atoms with Gasteiger partial charge in [0, 0.05) is 18.7 Å². The van der Waals surface area contributed by atoms with Crippen LogP contribution in [0.3, 0.4) is 0 Å². The monoisotopic (exact) mass is 432 g/mol. The summed E-state index contributed by atoms with van der Waals surface area (Å²) in [5.74, 6) is 1.09. The van der Waals surface area contributed by atoms with Gasteiger partial charge in [-0.3, -0.25) is 4.79 Å². The van der Waals surface area contributed by atoms with E-state index in [4.69, 9.17) is 9.47 Å². The van der Waals surface area contributed by atoms with E-state index in [2.05, 4.69) is 5.32 Å². The van der Waals surface area contributed by atoms with E-state index < -0.39 is 10.0 Å². The van der Waals surface area contributed by atoms with E-state index >= 15 is 0 Å². The third-order valence-electron chi connectivity index (χ3n) is 5.10. The molecule has 0 aliphatic carbocycles. The van der Waals surface area contributed by atoms with Crippen molar-refractivity contribution in [2.45, 2.75) is 31.1 Å². The number of piperidine rings is 1. The second-order valence-electron chi connectivity index (χ2n) is 7.22. The number of hydrogen-bond acceptors (Lipinski definition) is 5. The molecule has 0 atom stereocenters. The highest BCUT2D eigenvalue weighted by Crippen LogP contribution is 2.24. The highest BCUT2D eigenvalue weighted by atomic mass is 32.2. The van der Waals surface area contributed by atoms with Crippen LogP contribution in [0.4, 0.5) is 0 Å². The fraction of sp³-hybridized carbons (Fsp3) is 0.409. The van der Waals surface area contributed by atoms with Gasteiger partial charge in [-0.15, -0.1) is 0 Å². The number of methoxy groups -OCH3 is 1. The summed E-state index contributed by atoms with van der Waals surface area (Å²) in [6.07, 6.45) is 2.78. The molecule has 0 saturated carbocycles. The van der Waals surface area contributed by atoms with Crippen LogP contribution in [0.1, 0.15) is 35.2 Å². The zero-order valence-corrected chi connectivity index (χ0v) is 18.2. The summed E-state index contributed by atoms with van der Waals surface area (Å²) in [7, 11) is -2.00. The first-order valence-electron chi connectivity index (χ1n) is 10.1. The van der Waals surface area contributed by atoms with Gasteiger partial charge in [0.2, 0.25) is 10.0 Å². The predicted molar refractivity (Wildman–Crippen MR) is 115 cm³/mol. The fourth-order valence-corrected chi connectivity index (χ4v) is 5.14. The molecular formula is C22H28N2O5S. The highest BCUT2D eigenvalue weighted by molar-refractivity contribution is 7.89. The molecule has 1 N–H and O–H groups in total. The molecule has 7 nitrogen and oxygen atoms in total. The van der Waals surface area contributed by atoms with Crippen molar-refractivity contribution in [2.75, 3.05) is 33.4 Å². The third kappa shape index (κ3) is 5.31. The smallest absolute Gasteiger partial charge is 0.251 e. The number of sulfonamides is 1. The summed E-state index contributed by atoms with van der Waals surface area (Å²) in [4.78, 5) is 12.7. The summed E-state index contributed by atoms with van der Waals surface area (Å²) in [6, 6.07) is 12.0. The second kappa shape index (κ2) is 9.95. The first-order valence-corrected chi connectivity index (χ1v) is 11.5. The number of benzene rings is 2. The van der Waals surface area contributed by atoms with Crippen molar-refractivity contribution < 1.29 is 22.7 Å². The van der Waals surface area contributed by atoms with Gasteiger partial charge in [0.15, 0.2) is 0 Å². The maximum atomic E-state index is 13.0. The van der Waals surface area contributed by atoms with E-state index in [0.29, 0.717) is 43.1 Å². The quantitative estimate of drug-likeness (QED) is 0.648. The highest BCUT2D eigenvalue weighted by Gasteiger charge is 2.28. The van der Waals surface area contributed by atoms with E-state index in [1.165, 1.54) is 10.4 Å². The molecule has 1 heterocycles. The lowest BCUT2D eigenvalue weighted by atomic mass is 10.1. The number of amides is 1. The minimum absolute atomic E-state index is 0.200. The van der Waals surface area contributed by atoms with Gasteiger partial charge in [0.1, 0.15) is 18.1 Å². The Bertz CT molecular complexity index is 968. The lowest BCUT2D eigenvalue weighted by Gasteiger charge is -2.26. The van der Waals surface area contributed by atoms with E-state index in [1.807, 2.05) is 0 Å². The predicted octanol–water partition coefficient (Wildman–Crippen LogP) is 2.99. The molecule has 1 aliphatic rings. The minimum atomic E-state index is -3.60. The maximum absolute atomic E-state index is 13.0. The normalized spacial score (nSPS) is 14.9. The molecule has 8 heteroatoms. The van der Waals surface area contributed by atoms with Crippen LogP contribution in [0.2, 0.25) is 0 Å². The Morgan fingerprint density at radius 3 is 2.37 bits per heavy atom. The Labute approximate surface area is 178 Å². The molecule has 1 fully saturated rings. The molecule has 3 rings (SSSR count). The number of hydrogen-bond donors (Lipinski definition) is 1. The molecule has 30 heavy (non-hydrogen) atoms. The molecule has 1 amide bonds. The summed E-state index contributed by atoms with van der Waals surface area (Å²) >= 11 is 0.